The highest BCUT2D eigenvalue weighted by molar-refractivity contribution is 5.10. The van der Waals surface area contributed by atoms with Gasteiger partial charge in [0, 0.05) is 18.7 Å². The van der Waals surface area contributed by atoms with E-state index in [1.165, 1.54) is 0 Å². The highest BCUT2D eigenvalue weighted by Gasteiger charge is 2.49. The van der Waals surface area contributed by atoms with Crippen molar-refractivity contribution in [2.45, 2.75) is 43.4 Å². The fourth-order valence-corrected chi connectivity index (χ4v) is 3.78. The van der Waals surface area contributed by atoms with E-state index in [1.807, 2.05) is 0 Å². The minimum atomic E-state index is -4.48. The van der Waals surface area contributed by atoms with E-state index in [1.54, 1.807) is 7.11 Å². The lowest BCUT2D eigenvalue weighted by Gasteiger charge is -2.34. The van der Waals surface area contributed by atoms with Crippen molar-refractivity contribution in [3.63, 3.8) is 0 Å². The van der Waals surface area contributed by atoms with Gasteiger partial charge >= 0.3 is 6.18 Å². The highest BCUT2D eigenvalue weighted by atomic mass is 19.4. The molecule has 2 unspecified atom stereocenters. The van der Waals surface area contributed by atoms with E-state index in [9.17, 15) is 13.2 Å². The molecule has 2 saturated heterocycles. The third-order valence-corrected chi connectivity index (χ3v) is 4.79. The molecule has 0 saturated carbocycles. The van der Waals surface area contributed by atoms with Gasteiger partial charge in [-0.05, 0) is 32.2 Å². The molecular weight excluding hydrogens is 311 g/mol. The van der Waals surface area contributed by atoms with Gasteiger partial charge in [0.15, 0.2) is 5.69 Å². The molecule has 0 spiro atoms. The normalized spacial score (nSPS) is 28.1. The van der Waals surface area contributed by atoms with Crippen LogP contribution in [0.3, 0.4) is 0 Å². The summed E-state index contributed by atoms with van der Waals surface area (Å²) < 4.78 is 48.3. The minimum Gasteiger partial charge on any atom is -0.475 e. The Hall–Kier alpha value is -1.41. The Morgan fingerprint density at radius 1 is 1.30 bits per heavy atom. The standard InChI is InChI=1S/C15H20F3N3O2/c1-22-10-14-4-2-6-21(14)11(3-5-14)9-23-13-8-19-12(7-20-13)15(16,17)18/h7-8,11H,2-6,9-10H2,1H3. The van der Waals surface area contributed by atoms with E-state index >= 15 is 0 Å². The zero-order valence-electron chi connectivity index (χ0n) is 13.0. The zero-order valence-corrected chi connectivity index (χ0v) is 13.0. The number of fused-ring (bicyclic) bond motifs is 1. The fraction of sp³-hybridized carbons (Fsp3) is 0.733. The molecule has 0 aliphatic carbocycles. The van der Waals surface area contributed by atoms with E-state index in [-0.39, 0.29) is 17.5 Å². The number of ether oxygens (including phenoxy) is 2. The topological polar surface area (TPSA) is 47.5 Å². The molecule has 23 heavy (non-hydrogen) atoms. The third-order valence-electron chi connectivity index (χ3n) is 4.79. The number of methoxy groups -OCH3 is 1. The summed E-state index contributed by atoms with van der Waals surface area (Å²) >= 11 is 0. The molecule has 2 aliphatic heterocycles. The van der Waals surface area contributed by atoms with E-state index in [0.29, 0.717) is 19.4 Å². The molecular formula is C15H20F3N3O2. The third kappa shape index (κ3) is 3.28. The van der Waals surface area contributed by atoms with Crippen LogP contribution in [0.15, 0.2) is 12.4 Å². The van der Waals surface area contributed by atoms with E-state index in [2.05, 4.69) is 14.9 Å². The maximum atomic E-state index is 12.5. The number of hydrogen-bond acceptors (Lipinski definition) is 5. The van der Waals surface area contributed by atoms with Gasteiger partial charge in [-0.2, -0.15) is 13.2 Å². The number of nitrogens with zero attached hydrogens (tertiary/aromatic N) is 3. The molecule has 2 atom stereocenters. The molecule has 5 nitrogen and oxygen atoms in total. The van der Waals surface area contributed by atoms with E-state index < -0.39 is 11.9 Å². The van der Waals surface area contributed by atoms with Crippen LogP contribution < -0.4 is 4.74 Å². The van der Waals surface area contributed by atoms with Crippen LogP contribution in [0, 0.1) is 0 Å². The van der Waals surface area contributed by atoms with Crippen molar-refractivity contribution in [2.75, 3.05) is 26.9 Å². The summed E-state index contributed by atoms with van der Waals surface area (Å²) in [7, 11) is 1.72. The lowest BCUT2D eigenvalue weighted by Crippen LogP contribution is -2.47. The van der Waals surface area contributed by atoms with Gasteiger partial charge in [-0.1, -0.05) is 0 Å². The van der Waals surface area contributed by atoms with Crippen molar-refractivity contribution in [1.82, 2.24) is 14.9 Å². The molecule has 0 N–H and O–H groups in total. The van der Waals surface area contributed by atoms with Crippen LogP contribution in [0.25, 0.3) is 0 Å². The molecule has 3 rings (SSSR count). The SMILES string of the molecule is COCC12CCCN1C(COc1cnc(C(F)(F)F)cn1)CC2. The zero-order chi connectivity index (χ0) is 16.5. The van der Waals surface area contributed by atoms with Crippen LogP contribution in [0.1, 0.15) is 31.4 Å². The van der Waals surface area contributed by atoms with Crippen molar-refractivity contribution in [3.8, 4) is 5.88 Å². The minimum absolute atomic E-state index is 0.106. The Kier molecular flexibility index (Phi) is 4.46. The number of hydrogen-bond donors (Lipinski definition) is 0. The van der Waals surface area contributed by atoms with E-state index in [4.69, 9.17) is 9.47 Å². The Balaban J connectivity index is 1.59. The quantitative estimate of drug-likeness (QED) is 0.830. The van der Waals surface area contributed by atoms with Crippen LogP contribution >= 0.6 is 0 Å². The van der Waals surface area contributed by atoms with Crippen molar-refractivity contribution in [1.29, 1.82) is 0 Å². The van der Waals surface area contributed by atoms with Crippen molar-refractivity contribution in [2.24, 2.45) is 0 Å². The van der Waals surface area contributed by atoms with Crippen molar-refractivity contribution >= 4 is 0 Å². The molecule has 128 valence electrons. The first-order chi connectivity index (χ1) is 10.9. The number of rotatable bonds is 5. The Morgan fingerprint density at radius 2 is 2.13 bits per heavy atom. The van der Waals surface area contributed by atoms with Gasteiger partial charge in [0.2, 0.25) is 5.88 Å². The summed E-state index contributed by atoms with van der Waals surface area (Å²) in [6.07, 6.45) is 1.58. The van der Waals surface area contributed by atoms with Gasteiger partial charge < -0.3 is 9.47 Å². The summed E-state index contributed by atoms with van der Waals surface area (Å²) in [5.74, 6) is 0.126. The average molecular weight is 331 g/mol. The largest absolute Gasteiger partial charge is 0.475 e. The molecule has 0 amide bonds. The monoisotopic (exact) mass is 331 g/mol. The van der Waals surface area contributed by atoms with Crippen LogP contribution in [-0.4, -0.2) is 53.3 Å². The number of alkyl halides is 3. The maximum Gasteiger partial charge on any atom is 0.434 e. The van der Waals surface area contributed by atoms with Gasteiger partial charge in [-0.3, -0.25) is 4.90 Å². The molecule has 3 heterocycles. The second-order valence-corrected chi connectivity index (χ2v) is 6.20. The molecule has 1 aromatic rings. The Labute approximate surface area is 132 Å². The number of aromatic nitrogens is 2. The Morgan fingerprint density at radius 3 is 2.78 bits per heavy atom. The molecule has 2 fully saturated rings. The maximum absolute atomic E-state index is 12.5. The summed E-state index contributed by atoms with van der Waals surface area (Å²) in [6, 6.07) is 0.247. The second kappa shape index (κ2) is 6.24. The molecule has 0 bridgehead atoms. The van der Waals surface area contributed by atoms with Gasteiger partial charge in [0.05, 0.1) is 19.0 Å². The van der Waals surface area contributed by atoms with Gasteiger partial charge in [-0.15, -0.1) is 0 Å². The second-order valence-electron chi connectivity index (χ2n) is 6.20. The van der Waals surface area contributed by atoms with Crippen LogP contribution in [0.5, 0.6) is 5.88 Å². The van der Waals surface area contributed by atoms with E-state index in [0.717, 1.165) is 38.4 Å². The highest BCUT2D eigenvalue weighted by Crippen LogP contribution is 2.42. The lowest BCUT2D eigenvalue weighted by molar-refractivity contribution is -0.141. The van der Waals surface area contributed by atoms with Gasteiger partial charge in [-0.25, -0.2) is 9.97 Å². The Bertz CT molecular complexity index is 538. The van der Waals surface area contributed by atoms with Crippen LogP contribution in [0.2, 0.25) is 0 Å². The predicted molar refractivity (Wildman–Crippen MR) is 76.1 cm³/mol. The first kappa shape index (κ1) is 16.4. The molecule has 8 heteroatoms. The summed E-state index contributed by atoms with van der Waals surface area (Å²) in [5.41, 5.74) is -0.904. The molecule has 1 aromatic heterocycles. The first-order valence-corrected chi connectivity index (χ1v) is 7.72. The average Bonchev–Trinajstić information content (AvgIpc) is 3.04. The van der Waals surface area contributed by atoms with Crippen molar-refractivity contribution < 1.29 is 22.6 Å². The lowest BCUT2D eigenvalue weighted by atomic mass is 9.95. The molecule has 0 aromatic carbocycles. The fourth-order valence-electron chi connectivity index (χ4n) is 3.78. The van der Waals surface area contributed by atoms with Crippen LogP contribution in [-0.2, 0) is 10.9 Å². The predicted octanol–water partition coefficient (Wildman–Crippen LogP) is 2.52. The molecule has 2 aliphatic rings. The number of halogens is 3. The van der Waals surface area contributed by atoms with Crippen molar-refractivity contribution in [3.05, 3.63) is 18.1 Å². The van der Waals surface area contributed by atoms with Crippen LogP contribution in [0.4, 0.5) is 13.2 Å². The van der Waals surface area contributed by atoms with Gasteiger partial charge in [0.1, 0.15) is 6.61 Å². The summed E-state index contributed by atoms with van der Waals surface area (Å²) in [6.45, 7) is 2.13. The first-order valence-electron chi connectivity index (χ1n) is 7.72. The summed E-state index contributed by atoms with van der Waals surface area (Å²) in [5, 5.41) is 0. The molecule has 0 radical (unpaired) electrons. The van der Waals surface area contributed by atoms with Gasteiger partial charge in [0.25, 0.3) is 0 Å². The summed E-state index contributed by atoms with van der Waals surface area (Å²) in [4.78, 5) is 9.48. The smallest absolute Gasteiger partial charge is 0.434 e.